The molecule has 0 aromatic rings. The molecule has 0 aliphatic heterocycles. The lowest BCUT2D eigenvalue weighted by atomic mass is 9.88. The first-order valence-electron chi connectivity index (χ1n) is 8.23. The van der Waals surface area contributed by atoms with Crippen LogP contribution in [-0.4, -0.2) is 43.0 Å². The van der Waals surface area contributed by atoms with E-state index >= 15 is 0 Å². The highest BCUT2D eigenvalue weighted by atomic mass is 16.1. The fourth-order valence-electron chi connectivity index (χ4n) is 5.09. The monoisotopic (exact) mass is 279 g/mol. The number of hydrogen-bond acceptors (Lipinski definition) is 3. The predicted octanol–water partition coefficient (Wildman–Crippen LogP) is 1.35. The van der Waals surface area contributed by atoms with Crippen molar-refractivity contribution < 1.29 is 4.79 Å². The summed E-state index contributed by atoms with van der Waals surface area (Å²) >= 11 is 0. The normalized spacial score (nSPS) is 43.5. The summed E-state index contributed by atoms with van der Waals surface area (Å²) in [6.07, 6.45) is 8.68. The van der Waals surface area contributed by atoms with Crippen LogP contribution in [0, 0.1) is 17.8 Å². The van der Waals surface area contributed by atoms with Gasteiger partial charge < -0.3 is 16.0 Å². The highest BCUT2D eigenvalue weighted by molar-refractivity contribution is 5.85. The minimum Gasteiger partial charge on any atom is -0.368 e. The number of carbonyl (C=O) groups is 1. The van der Waals surface area contributed by atoms with Gasteiger partial charge in [-0.1, -0.05) is 6.42 Å². The molecule has 114 valence electrons. The number of rotatable bonds is 5. The summed E-state index contributed by atoms with van der Waals surface area (Å²) in [6, 6.07) is 0.508. The Hall–Kier alpha value is -0.610. The van der Waals surface area contributed by atoms with Gasteiger partial charge in [0.15, 0.2) is 0 Å². The first-order valence-corrected chi connectivity index (χ1v) is 8.23. The first kappa shape index (κ1) is 14.3. The zero-order chi connectivity index (χ0) is 14.3. The van der Waals surface area contributed by atoms with E-state index in [0.717, 1.165) is 37.0 Å². The van der Waals surface area contributed by atoms with Gasteiger partial charge in [0, 0.05) is 12.6 Å². The van der Waals surface area contributed by atoms with E-state index in [1.54, 1.807) is 0 Å². The summed E-state index contributed by atoms with van der Waals surface area (Å²) in [4.78, 5) is 14.2. The van der Waals surface area contributed by atoms with Crippen molar-refractivity contribution in [3.63, 3.8) is 0 Å². The Morgan fingerprint density at radius 2 is 2.15 bits per heavy atom. The van der Waals surface area contributed by atoms with Crippen LogP contribution in [0.2, 0.25) is 0 Å². The summed E-state index contributed by atoms with van der Waals surface area (Å²) in [5.74, 6) is 2.71. The van der Waals surface area contributed by atoms with E-state index in [1.165, 1.54) is 32.2 Å². The molecule has 5 unspecified atom stereocenters. The van der Waals surface area contributed by atoms with Crippen LogP contribution in [-0.2, 0) is 4.79 Å². The van der Waals surface area contributed by atoms with E-state index in [0.29, 0.717) is 6.04 Å². The topological polar surface area (TPSA) is 58.4 Å². The van der Waals surface area contributed by atoms with Crippen LogP contribution in [0.25, 0.3) is 0 Å². The molecule has 3 N–H and O–H groups in total. The lowest BCUT2D eigenvalue weighted by Crippen LogP contribution is -2.53. The maximum atomic E-state index is 11.7. The minimum atomic E-state index is -0.465. The quantitative estimate of drug-likeness (QED) is 0.799. The summed E-state index contributed by atoms with van der Waals surface area (Å²) < 4.78 is 0. The fraction of sp³-hybridized carbons (Fsp3) is 0.938. The van der Waals surface area contributed by atoms with Crippen molar-refractivity contribution in [1.82, 2.24) is 10.2 Å². The van der Waals surface area contributed by atoms with E-state index in [-0.39, 0.29) is 5.91 Å². The average molecular weight is 279 g/mol. The molecule has 3 fully saturated rings. The Morgan fingerprint density at radius 1 is 1.35 bits per heavy atom. The molecule has 5 atom stereocenters. The fourth-order valence-corrected chi connectivity index (χ4v) is 5.09. The van der Waals surface area contributed by atoms with Gasteiger partial charge in [-0.3, -0.25) is 4.79 Å². The largest absolute Gasteiger partial charge is 0.368 e. The second-order valence-corrected chi connectivity index (χ2v) is 7.47. The second kappa shape index (κ2) is 5.30. The average Bonchev–Trinajstić information content (AvgIpc) is 3.13. The molecule has 2 bridgehead atoms. The molecular weight excluding hydrogens is 250 g/mol. The number of amides is 1. The van der Waals surface area contributed by atoms with Crippen molar-refractivity contribution in [2.45, 2.75) is 56.5 Å². The van der Waals surface area contributed by atoms with Crippen molar-refractivity contribution in [3.8, 4) is 0 Å². The van der Waals surface area contributed by atoms with Crippen molar-refractivity contribution in [3.05, 3.63) is 0 Å². The van der Waals surface area contributed by atoms with Gasteiger partial charge in [-0.25, -0.2) is 0 Å². The van der Waals surface area contributed by atoms with Gasteiger partial charge in [0.25, 0.3) is 0 Å². The molecule has 0 radical (unpaired) electrons. The molecule has 0 aromatic carbocycles. The molecule has 0 spiro atoms. The Morgan fingerprint density at radius 3 is 2.65 bits per heavy atom. The van der Waals surface area contributed by atoms with E-state index in [1.807, 2.05) is 7.05 Å². The van der Waals surface area contributed by atoms with Crippen molar-refractivity contribution in [1.29, 1.82) is 0 Å². The van der Waals surface area contributed by atoms with Gasteiger partial charge >= 0.3 is 0 Å². The number of primary amides is 1. The molecule has 4 nitrogen and oxygen atoms in total. The van der Waals surface area contributed by atoms with Gasteiger partial charge in [0.1, 0.15) is 0 Å². The molecule has 20 heavy (non-hydrogen) atoms. The number of nitrogens with two attached hydrogens (primary N) is 1. The molecule has 1 amide bonds. The van der Waals surface area contributed by atoms with E-state index < -0.39 is 5.54 Å². The van der Waals surface area contributed by atoms with Gasteiger partial charge in [-0.05, 0) is 70.4 Å². The Balaban J connectivity index is 1.56. The van der Waals surface area contributed by atoms with Gasteiger partial charge in [-0.15, -0.1) is 0 Å². The zero-order valence-corrected chi connectivity index (χ0v) is 12.9. The third kappa shape index (κ3) is 2.37. The van der Waals surface area contributed by atoms with Gasteiger partial charge in [0.05, 0.1) is 5.54 Å². The van der Waals surface area contributed by atoms with Crippen molar-refractivity contribution >= 4 is 5.91 Å². The smallest absolute Gasteiger partial charge is 0.237 e. The maximum absolute atomic E-state index is 11.7. The van der Waals surface area contributed by atoms with E-state index in [4.69, 9.17) is 5.73 Å². The van der Waals surface area contributed by atoms with Crippen LogP contribution in [0.15, 0.2) is 0 Å². The van der Waals surface area contributed by atoms with E-state index in [9.17, 15) is 4.79 Å². The van der Waals surface area contributed by atoms with E-state index in [2.05, 4.69) is 17.3 Å². The van der Waals surface area contributed by atoms with Crippen LogP contribution < -0.4 is 11.1 Å². The van der Waals surface area contributed by atoms with Crippen LogP contribution in [0.3, 0.4) is 0 Å². The van der Waals surface area contributed by atoms with Crippen LogP contribution in [0.5, 0.6) is 0 Å². The molecular formula is C16H29N3O. The summed E-state index contributed by atoms with van der Waals surface area (Å²) in [6.45, 7) is 1.21. The number of nitrogens with zero attached hydrogens (tertiary/aromatic N) is 1. The molecule has 0 aromatic heterocycles. The Kier molecular flexibility index (Phi) is 3.80. The van der Waals surface area contributed by atoms with Crippen LogP contribution in [0.4, 0.5) is 0 Å². The lowest BCUT2D eigenvalue weighted by Gasteiger charge is -2.32. The maximum Gasteiger partial charge on any atom is 0.237 e. The standard InChI is InChI=1S/C16H29N3O/c1-18-16(15(17)20)6-5-14(9-16)19(2)10-13-8-11-3-4-12(13)7-11/h11-14,18H,3-10H2,1-2H3,(H2,17,20). The van der Waals surface area contributed by atoms with Crippen LogP contribution in [0.1, 0.15) is 44.9 Å². The van der Waals surface area contributed by atoms with Gasteiger partial charge in [0.2, 0.25) is 5.91 Å². The summed E-state index contributed by atoms with van der Waals surface area (Å²) in [5, 5.41) is 3.18. The number of likely N-dealkylation sites (N-methyl/N-ethyl adjacent to an activating group) is 1. The first-order chi connectivity index (χ1) is 9.54. The molecule has 3 aliphatic rings. The highest BCUT2D eigenvalue weighted by Gasteiger charge is 2.45. The summed E-state index contributed by atoms with van der Waals surface area (Å²) in [7, 11) is 4.10. The minimum absolute atomic E-state index is 0.184. The molecule has 3 aliphatic carbocycles. The summed E-state index contributed by atoms with van der Waals surface area (Å²) in [5.41, 5.74) is 5.13. The van der Waals surface area contributed by atoms with Crippen molar-refractivity contribution in [2.75, 3.05) is 20.6 Å². The number of nitrogens with one attached hydrogen (secondary N) is 1. The Labute approximate surface area is 122 Å². The highest BCUT2D eigenvalue weighted by Crippen LogP contribution is 2.48. The van der Waals surface area contributed by atoms with Gasteiger partial charge in [-0.2, -0.15) is 0 Å². The third-order valence-electron chi connectivity index (χ3n) is 6.47. The Bertz CT molecular complexity index is 386. The molecule has 4 heteroatoms. The van der Waals surface area contributed by atoms with Crippen LogP contribution >= 0.6 is 0 Å². The number of fused-ring (bicyclic) bond motifs is 2. The zero-order valence-electron chi connectivity index (χ0n) is 12.9. The molecule has 3 saturated carbocycles. The molecule has 0 heterocycles. The lowest BCUT2D eigenvalue weighted by molar-refractivity contribution is -0.124. The SMILES string of the molecule is CNC1(C(N)=O)CCC(N(C)CC2CC3CCC2C3)C1. The molecule has 0 saturated heterocycles. The third-order valence-corrected chi connectivity index (χ3v) is 6.47. The second-order valence-electron chi connectivity index (χ2n) is 7.47. The molecule has 3 rings (SSSR count). The number of carbonyl (C=O) groups excluding carboxylic acids is 1. The van der Waals surface area contributed by atoms with Crippen molar-refractivity contribution in [2.24, 2.45) is 23.5 Å². The predicted molar refractivity (Wildman–Crippen MR) is 80.2 cm³/mol. The number of hydrogen-bond donors (Lipinski definition) is 2.